The van der Waals surface area contributed by atoms with Gasteiger partial charge in [0.1, 0.15) is 16.8 Å². The van der Waals surface area contributed by atoms with Crippen molar-refractivity contribution >= 4 is 23.3 Å². The van der Waals surface area contributed by atoms with E-state index in [4.69, 9.17) is 16.3 Å². The maximum Gasteiger partial charge on any atom is 0.408 e. The average molecular weight is 392 g/mol. The first-order chi connectivity index (χ1) is 12.1. The summed E-state index contributed by atoms with van der Waals surface area (Å²) in [5.74, 6) is -1.04. The van der Waals surface area contributed by atoms with Crippen LogP contribution in [0.4, 0.5) is 18.9 Å². The smallest absolute Gasteiger partial charge is 0.408 e. The number of carboxylic acids is 1. The van der Waals surface area contributed by atoms with E-state index in [0.29, 0.717) is 17.8 Å². The molecule has 0 aliphatic carbocycles. The fraction of sp³-hybridized carbons (Fsp3) is 0.375. The lowest BCUT2D eigenvalue weighted by atomic mass is 10.1. The maximum absolute atomic E-state index is 12.7. The monoisotopic (exact) mass is 391 g/mol. The van der Waals surface area contributed by atoms with Gasteiger partial charge in [0.05, 0.1) is 12.8 Å². The molecule has 0 radical (unpaired) electrons. The molecule has 1 atom stereocenters. The molecule has 1 aromatic heterocycles. The van der Waals surface area contributed by atoms with Crippen LogP contribution in [-0.2, 0) is 6.54 Å². The Kier molecular flexibility index (Phi) is 5.70. The Morgan fingerprint density at radius 2 is 2.12 bits per heavy atom. The highest BCUT2D eigenvalue weighted by Crippen LogP contribution is 2.38. The molecular formula is C16H17ClF3N3O3. The van der Waals surface area contributed by atoms with Crippen LogP contribution in [0.15, 0.2) is 18.2 Å². The van der Waals surface area contributed by atoms with Crippen molar-refractivity contribution in [3.8, 4) is 17.0 Å². The van der Waals surface area contributed by atoms with E-state index in [9.17, 15) is 23.1 Å². The van der Waals surface area contributed by atoms with E-state index >= 15 is 0 Å². The van der Waals surface area contributed by atoms with Crippen molar-refractivity contribution < 1.29 is 27.8 Å². The third kappa shape index (κ3) is 3.87. The maximum atomic E-state index is 12.7. The van der Waals surface area contributed by atoms with Gasteiger partial charge in [-0.05, 0) is 26.0 Å². The second-order valence-corrected chi connectivity index (χ2v) is 5.83. The number of carboxylic acid groups (broad SMARTS) is 1. The molecule has 0 bridgehead atoms. The second kappa shape index (κ2) is 7.45. The number of nitrogens with one attached hydrogen (secondary N) is 1. The van der Waals surface area contributed by atoms with Crippen molar-refractivity contribution in [1.82, 2.24) is 9.78 Å². The zero-order valence-electron chi connectivity index (χ0n) is 14.2. The molecule has 142 valence electrons. The van der Waals surface area contributed by atoms with Crippen LogP contribution >= 0.6 is 11.6 Å². The second-order valence-electron chi connectivity index (χ2n) is 5.45. The molecule has 26 heavy (non-hydrogen) atoms. The number of methoxy groups -OCH3 is 1. The lowest BCUT2D eigenvalue weighted by Gasteiger charge is -2.19. The number of ether oxygens (including phenoxy) is 1. The van der Waals surface area contributed by atoms with Crippen molar-refractivity contribution in [1.29, 1.82) is 0 Å². The predicted molar refractivity (Wildman–Crippen MR) is 91.0 cm³/mol. The number of hydrogen-bond donors (Lipinski definition) is 2. The number of nitrogens with zero attached hydrogens (tertiary/aromatic N) is 2. The number of hydrogen-bond acceptors (Lipinski definition) is 4. The summed E-state index contributed by atoms with van der Waals surface area (Å²) in [6.45, 7) is 3.10. The minimum Gasteiger partial charge on any atom is -0.496 e. The van der Waals surface area contributed by atoms with Crippen LogP contribution in [0.1, 0.15) is 24.3 Å². The molecule has 0 amide bonds. The van der Waals surface area contributed by atoms with Gasteiger partial charge in [0.2, 0.25) is 0 Å². The Hall–Kier alpha value is -2.42. The lowest BCUT2D eigenvalue weighted by molar-refractivity contribution is -0.138. The molecule has 0 saturated heterocycles. The van der Waals surface area contributed by atoms with E-state index < -0.39 is 18.2 Å². The van der Waals surface area contributed by atoms with Crippen molar-refractivity contribution in [2.24, 2.45) is 0 Å². The Morgan fingerprint density at radius 3 is 2.62 bits per heavy atom. The summed E-state index contributed by atoms with van der Waals surface area (Å²) >= 11 is 6.17. The van der Waals surface area contributed by atoms with Crippen LogP contribution in [0.5, 0.6) is 5.75 Å². The van der Waals surface area contributed by atoms with Gasteiger partial charge in [-0.25, -0.2) is 4.79 Å². The van der Waals surface area contributed by atoms with Gasteiger partial charge in [-0.15, -0.1) is 0 Å². The molecule has 0 aliphatic rings. The molecule has 0 aliphatic heterocycles. The van der Waals surface area contributed by atoms with Gasteiger partial charge in [0.15, 0.2) is 5.69 Å². The van der Waals surface area contributed by atoms with Crippen LogP contribution in [0.3, 0.4) is 0 Å². The van der Waals surface area contributed by atoms with E-state index in [1.807, 2.05) is 0 Å². The topological polar surface area (TPSA) is 76.4 Å². The third-order valence-corrected chi connectivity index (χ3v) is 4.09. The molecule has 1 heterocycles. The SMILES string of the molecule is CCn1nc(C(=O)O)c(Cl)c1-c1ccc(N[C@H](C)C(F)(F)F)cc1OC. The Bertz CT molecular complexity index is 821. The van der Waals surface area contributed by atoms with Gasteiger partial charge in [-0.2, -0.15) is 18.3 Å². The molecule has 0 saturated carbocycles. The predicted octanol–water partition coefficient (Wildman–Crippen LogP) is 4.29. The Morgan fingerprint density at radius 1 is 1.46 bits per heavy atom. The fourth-order valence-corrected chi connectivity index (χ4v) is 2.69. The first kappa shape index (κ1) is 19.9. The molecule has 10 heteroatoms. The zero-order valence-corrected chi connectivity index (χ0v) is 14.9. The molecule has 0 fully saturated rings. The van der Waals surface area contributed by atoms with Gasteiger partial charge >= 0.3 is 12.1 Å². The van der Waals surface area contributed by atoms with Crippen molar-refractivity contribution in [2.45, 2.75) is 32.6 Å². The minimum atomic E-state index is -4.40. The quantitative estimate of drug-likeness (QED) is 0.768. The van der Waals surface area contributed by atoms with E-state index in [2.05, 4.69) is 10.4 Å². The molecule has 6 nitrogen and oxygen atoms in total. The molecule has 1 aromatic carbocycles. The number of aromatic carboxylic acids is 1. The van der Waals surface area contributed by atoms with Crippen LogP contribution < -0.4 is 10.1 Å². The number of benzene rings is 1. The summed E-state index contributed by atoms with van der Waals surface area (Å²) in [5, 5.41) is 15.4. The summed E-state index contributed by atoms with van der Waals surface area (Å²) in [6, 6.07) is 2.58. The molecule has 0 spiro atoms. The van der Waals surface area contributed by atoms with Gasteiger partial charge in [0.25, 0.3) is 0 Å². The van der Waals surface area contributed by atoms with E-state index in [0.717, 1.165) is 6.92 Å². The number of rotatable bonds is 6. The highest BCUT2D eigenvalue weighted by atomic mass is 35.5. The Balaban J connectivity index is 2.50. The van der Waals surface area contributed by atoms with Crippen molar-refractivity contribution in [2.75, 3.05) is 12.4 Å². The van der Waals surface area contributed by atoms with Crippen molar-refractivity contribution in [3.05, 3.63) is 28.9 Å². The number of alkyl halides is 3. The first-order valence-corrected chi connectivity index (χ1v) is 7.99. The van der Waals surface area contributed by atoms with E-state index in [1.165, 1.54) is 30.0 Å². The normalized spacial score (nSPS) is 12.7. The summed E-state index contributed by atoms with van der Waals surface area (Å²) in [7, 11) is 1.36. The van der Waals surface area contributed by atoms with Crippen LogP contribution in [0.2, 0.25) is 5.02 Å². The number of halogens is 4. The molecule has 2 N–H and O–H groups in total. The summed E-state index contributed by atoms with van der Waals surface area (Å²) in [4.78, 5) is 11.3. The standard InChI is InChI=1S/C16H17ClF3N3O3/c1-4-23-14(12(17)13(22-23)15(24)25)10-6-5-9(7-11(10)26-3)21-8(2)16(18,19)20/h5-8,21H,4H2,1-3H3,(H,24,25)/t8-/m1/s1. The minimum absolute atomic E-state index is 0.0676. The van der Waals surface area contributed by atoms with Crippen LogP contribution in [-0.4, -0.2) is 40.2 Å². The molecule has 2 rings (SSSR count). The van der Waals surface area contributed by atoms with Gasteiger partial charge in [0, 0.05) is 23.9 Å². The molecule has 2 aromatic rings. The van der Waals surface area contributed by atoms with Crippen LogP contribution in [0, 0.1) is 0 Å². The van der Waals surface area contributed by atoms with Gasteiger partial charge < -0.3 is 15.2 Å². The van der Waals surface area contributed by atoms with Crippen molar-refractivity contribution in [3.63, 3.8) is 0 Å². The van der Waals surface area contributed by atoms with Gasteiger partial charge in [-0.1, -0.05) is 11.6 Å². The average Bonchev–Trinajstić information content (AvgIpc) is 2.90. The molecular weight excluding hydrogens is 375 g/mol. The largest absolute Gasteiger partial charge is 0.496 e. The first-order valence-electron chi connectivity index (χ1n) is 7.61. The fourth-order valence-electron chi connectivity index (χ4n) is 2.37. The third-order valence-electron chi connectivity index (χ3n) is 3.73. The Labute approximate surface area is 152 Å². The number of anilines is 1. The van der Waals surface area contributed by atoms with Crippen LogP contribution in [0.25, 0.3) is 11.3 Å². The number of aryl methyl sites for hydroxylation is 1. The molecule has 0 unspecified atom stereocenters. The number of carbonyl (C=O) groups is 1. The number of aromatic nitrogens is 2. The summed E-state index contributed by atoms with van der Waals surface area (Å²) in [6.07, 6.45) is -4.40. The van der Waals surface area contributed by atoms with E-state index in [-0.39, 0.29) is 22.2 Å². The highest BCUT2D eigenvalue weighted by molar-refractivity contribution is 6.35. The van der Waals surface area contributed by atoms with Gasteiger partial charge in [-0.3, -0.25) is 4.68 Å². The highest BCUT2D eigenvalue weighted by Gasteiger charge is 2.36. The summed E-state index contributed by atoms with van der Waals surface area (Å²) in [5.41, 5.74) is 0.634. The summed E-state index contributed by atoms with van der Waals surface area (Å²) < 4.78 is 44.8. The lowest BCUT2D eigenvalue weighted by Crippen LogP contribution is -2.33. The van der Waals surface area contributed by atoms with E-state index in [1.54, 1.807) is 6.92 Å². The zero-order chi connectivity index (χ0) is 19.6.